The summed E-state index contributed by atoms with van der Waals surface area (Å²) in [5.41, 5.74) is 5.98. The monoisotopic (exact) mass is 464 g/mol. The molecule has 2 amide bonds. The number of ether oxygens (including phenoxy) is 1. The second kappa shape index (κ2) is 7.56. The van der Waals surface area contributed by atoms with E-state index in [1.165, 1.54) is 0 Å². The van der Waals surface area contributed by atoms with E-state index in [2.05, 4.69) is 33.4 Å². The minimum Gasteiger partial charge on any atom is -0.481 e. The van der Waals surface area contributed by atoms with Crippen molar-refractivity contribution in [2.24, 2.45) is 0 Å². The van der Waals surface area contributed by atoms with Crippen molar-refractivity contribution >= 4 is 45.9 Å². The molecule has 7 nitrogen and oxygen atoms in total. The van der Waals surface area contributed by atoms with Gasteiger partial charge in [0.05, 0.1) is 0 Å². The molecule has 0 unspecified atom stereocenters. The number of nitrogens with one attached hydrogen (secondary N) is 2. The summed E-state index contributed by atoms with van der Waals surface area (Å²) in [6.07, 6.45) is 0. The predicted octanol–water partition coefficient (Wildman–Crippen LogP) is 1.72. The van der Waals surface area contributed by atoms with Gasteiger partial charge in [0.25, 0.3) is 11.8 Å². The normalized spacial score (nSPS) is 13.2. The smallest absolute Gasteiger partial charge is 0.341 e. The van der Waals surface area contributed by atoms with Crippen molar-refractivity contribution in [1.82, 2.24) is 10.9 Å². The van der Waals surface area contributed by atoms with E-state index in [1.54, 1.807) is 36.4 Å². The van der Waals surface area contributed by atoms with Crippen molar-refractivity contribution in [3.05, 3.63) is 68.8 Å². The van der Waals surface area contributed by atoms with E-state index in [0.717, 1.165) is 3.57 Å². The van der Waals surface area contributed by atoms with Gasteiger partial charge in [0.2, 0.25) is 0 Å². The third-order valence-electron chi connectivity index (χ3n) is 3.63. The molecular formula is C18H13IN2O5. The fourth-order valence-electron chi connectivity index (χ4n) is 2.56. The number of hydrazine groups is 1. The van der Waals surface area contributed by atoms with Gasteiger partial charge in [-0.3, -0.25) is 20.4 Å². The van der Waals surface area contributed by atoms with Crippen LogP contribution in [-0.2, 0) is 14.4 Å². The van der Waals surface area contributed by atoms with Crippen LogP contribution >= 0.6 is 22.6 Å². The van der Waals surface area contributed by atoms with Crippen molar-refractivity contribution in [2.75, 3.05) is 6.61 Å². The van der Waals surface area contributed by atoms with E-state index in [9.17, 15) is 14.4 Å². The Hall–Kier alpha value is -2.88. The highest BCUT2D eigenvalue weighted by Crippen LogP contribution is 2.34. The number of para-hydroxylation sites is 1. The van der Waals surface area contributed by atoms with E-state index in [0.29, 0.717) is 16.7 Å². The number of carboxylic acid groups (broad SMARTS) is 1. The maximum absolute atomic E-state index is 12.2. The van der Waals surface area contributed by atoms with E-state index in [-0.39, 0.29) is 11.3 Å². The molecule has 132 valence electrons. The molecule has 0 saturated carbocycles. The minimum atomic E-state index is -1.13. The lowest BCUT2D eigenvalue weighted by Gasteiger charge is -2.15. The Morgan fingerprint density at radius 3 is 2.23 bits per heavy atom. The standard InChI is InChI=1S/C18H13IN2O5/c19-11-7-5-10(6-8-11)15(16-17(24)20-21-18(16)25)12-3-1-2-4-13(12)26-9-14(22)23/h1-8H,9H2,(H,20,24)(H,21,25)(H,22,23). The molecule has 1 heterocycles. The number of amides is 2. The molecule has 0 aliphatic carbocycles. The number of hydrogen-bond acceptors (Lipinski definition) is 4. The number of benzene rings is 2. The molecule has 26 heavy (non-hydrogen) atoms. The SMILES string of the molecule is O=C(O)COc1ccccc1C(=C1C(=O)NNC1=O)c1ccc(I)cc1. The number of aliphatic carboxylic acids is 1. The van der Waals surface area contributed by atoms with Crippen LogP contribution in [0, 0.1) is 3.57 Å². The third-order valence-corrected chi connectivity index (χ3v) is 4.35. The first kappa shape index (κ1) is 17.9. The number of rotatable bonds is 5. The van der Waals surface area contributed by atoms with Crippen LogP contribution < -0.4 is 15.6 Å². The first-order valence-electron chi connectivity index (χ1n) is 7.52. The Labute approximate surface area is 162 Å². The lowest BCUT2D eigenvalue weighted by Crippen LogP contribution is -2.28. The molecule has 0 aromatic heterocycles. The Balaban J connectivity index is 2.22. The lowest BCUT2D eigenvalue weighted by molar-refractivity contribution is -0.139. The van der Waals surface area contributed by atoms with Gasteiger partial charge in [0.15, 0.2) is 6.61 Å². The molecule has 1 saturated heterocycles. The van der Waals surface area contributed by atoms with E-state index in [1.807, 2.05) is 12.1 Å². The molecule has 0 spiro atoms. The van der Waals surface area contributed by atoms with Crippen molar-refractivity contribution in [3.8, 4) is 5.75 Å². The van der Waals surface area contributed by atoms with Crippen LogP contribution in [-0.4, -0.2) is 29.5 Å². The van der Waals surface area contributed by atoms with Gasteiger partial charge in [-0.25, -0.2) is 4.79 Å². The third kappa shape index (κ3) is 3.69. The quantitative estimate of drug-likeness (QED) is 0.355. The summed E-state index contributed by atoms with van der Waals surface area (Å²) in [6, 6.07) is 14.0. The highest BCUT2D eigenvalue weighted by atomic mass is 127. The average molecular weight is 464 g/mol. The number of halogens is 1. The number of carbonyl (C=O) groups is 3. The highest BCUT2D eigenvalue weighted by Gasteiger charge is 2.31. The Kier molecular flexibility index (Phi) is 5.21. The molecule has 0 atom stereocenters. The van der Waals surface area contributed by atoms with Crippen molar-refractivity contribution in [3.63, 3.8) is 0 Å². The van der Waals surface area contributed by atoms with Crippen LogP contribution in [0.1, 0.15) is 11.1 Å². The fraction of sp³-hybridized carbons (Fsp3) is 0.0556. The summed E-state index contributed by atoms with van der Waals surface area (Å²) >= 11 is 2.15. The number of carbonyl (C=O) groups excluding carboxylic acids is 2. The van der Waals surface area contributed by atoms with Crippen LogP contribution in [0.5, 0.6) is 5.75 Å². The second-order valence-corrected chi connectivity index (χ2v) is 6.59. The van der Waals surface area contributed by atoms with Gasteiger partial charge in [-0.05, 0) is 46.4 Å². The molecular weight excluding hydrogens is 451 g/mol. The molecule has 3 N–H and O–H groups in total. The van der Waals surface area contributed by atoms with Crippen LogP contribution in [0.4, 0.5) is 0 Å². The van der Waals surface area contributed by atoms with Gasteiger partial charge in [-0.1, -0.05) is 30.3 Å². The maximum Gasteiger partial charge on any atom is 0.341 e. The van der Waals surface area contributed by atoms with Gasteiger partial charge in [0, 0.05) is 14.7 Å². The first-order chi connectivity index (χ1) is 12.5. The lowest BCUT2D eigenvalue weighted by atomic mass is 9.92. The predicted molar refractivity (Wildman–Crippen MR) is 101 cm³/mol. The minimum absolute atomic E-state index is 0.0578. The Morgan fingerprint density at radius 2 is 1.62 bits per heavy atom. The van der Waals surface area contributed by atoms with Crippen LogP contribution in [0.2, 0.25) is 0 Å². The summed E-state index contributed by atoms with van der Waals surface area (Å²) in [6.45, 7) is -0.537. The van der Waals surface area contributed by atoms with Gasteiger partial charge in [-0.2, -0.15) is 0 Å². The van der Waals surface area contributed by atoms with Crippen LogP contribution in [0.15, 0.2) is 54.1 Å². The average Bonchev–Trinajstić information content (AvgIpc) is 2.95. The van der Waals surface area contributed by atoms with Gasteiger partial charge in [-0.15, -0.1) is 0 Å². The molecule has 0 bridgehead atoms. The summed E-state index contributed by atoms with van der Waals surface area (Å²) in [7, 11) is 0. The van der Waals surface area contributed by atoms with E-state index < -0.39 is 24.4 Å². The maximum atomic E-state index is 12.2. The van der Waals surface area contributed by atoms with Crippen molar-refractivity contribution < 1.29 is 24.2 Å². The topological polar surface area (TPSA) is 105 Å². The van der Waals surface area contributed by atoms with Crippen molar-refractivity contribution in [1.29, 1.82) is 0 Å². The summed E-state index contributed by atoms with van der Waals surface area (Å²) in [5.74, 6) is -1.98. The second-order valence-electron chi connectivity index (χ2n) is 5.34. The number of hydrogen-bond donors (Lipinski definition) is 3. The zero-order chi connectivity index (χ0) is 18.7. The van der Waals surface area contributed by atoms with Crippen molar-refractivity contribution in [2.45, 2.75) is 0 Å². The summed E-state index contributed by atoms with van der Waals surface area (Å²) < 4.78 is 6.35. The molecule has 3 rings (SSSR count). The largest absolute Gasteiger partial charge is 0.481 e. The molecule has 2 aromatic carbocycles. The summed E-state index contributed by atoms with van der Waals surface area (Å²) in [4.78, 5) is 35.3. The van der Waals surface area contributed by atoms with Gasteiger partial charge >= 0.3 is 5.97 Å². The summed E-state index contributed by atoms with van der Waals surface area (Å²) in [5, 5.41) is 8.88. The first-order valence-corrected chi connectivity index (χ1v) is 8.60. The Bertz CT molecular complexity index is 903. The molecule has 1 aliphatic rings. The van der Waals surface area contributed by atoms with E-state index >= 15 is 0 Å². The number of carboxylic acids is 1. The zero-order valence-electron chi connectivity index (χ0n) is 13.3. The van der Waals surface area contributed by atoms with E-state index in [4.69, 9.17) is 9.84 Å². The van der Waals surface area contributed by atoms with Gasteiger partial charge in [0.1, 0.15) is 11.3 Å². The molecule has 1 fully saturated rings. The van der Waals surface area contributed by atoms with Crippen LogP contribution in [0.3, 0.4) is 0 Å². The zero-order valence-corrected chi connectivity index (χ0v) is 15.4. The molecule has 0 radical (unpaired) electrons. The fourth-order valence-corrected chi connectivity index (χ4v) is 2.92. The van der Waals surface area contributed by atoms with Gasteiger partial charge < -0.3 is 9.84 Å². The Morgan fingerprint density at radius 1 is 1.00 bits per heavy atom. The molecule has 8 heteroatoms. The molecule has 1 aliphatic heterocycles. The highest BCUT2D eigenvalue weighted by molar-refractivity contribution is 14.1. The van der Waals surface area contributed by atoms with Crippen LogP contribution in [0.25, 0.3) is 5.57 Å². The molecule has 2 aromatic rings.